The molecule has 142 valence electrons. The third kappa shape index (κ3) is 6.20. The van der Waals surface area contributed by atoms with Crippen molar-refractivity contribution in [3.63, 3.8) is 0 Å². The zero-order valence-electron chi connectivity index (χ0n) is 15.5. The highest BCUT2D eigenvalue weighted by molar-refractivity contribution is 5.94. The Bertz CT molecular complexity index is 786. The molecular weight excluding hydrogens is 341 g/mol. The van der Waals surface area contributed by atoms with Crippen LogP contribution in [0.4, 0.5) is 10.1 Å². The summed E-state index contributed by atoms with van der Waals surface area (Å²) in [5.74, 6) is -0.402. The largest absolute Gasteiger partial charge is 0.383 e. The molecule has 1 aliphatic rings. The van der Waals surface area contributed by atoms with E-state index in [1.54, 1.807) is 24.5 Å². The van der Waals surface area contributed by atoms with Gasteiger partial charge in [0.1, 0.15) is 5.82 Å². The lowest BCUT2D eigenvalue weighted by Crippen LogP contribution is -2.25. The molecular formula is C22H26FN3O. The number of rotatable bonds is 8. The fraction of sp³-hybridized carbons (Fsp3) is 0.364. The molecule has 1 heterocycles. The van der Waals surface area contributed by atoms with Gasteiger partial charge in [0.25, 0.3) is 5.91 Å². The summed E-state index contributed by atoms with van der Waals surface area (Å²) in [4.78, 5) is 16.5. The van der Waals surface area contributed by atoms with Crippen LogP contribution in [0.2, 0.25) is 0 Å². The number of aromatic nitrogens is 1. The smallest absolute Gasteiger partial charge is 0.252 e. The van der Waals surface area contributed by atoms with E-state index in [4.69, 9.17) is 0 Å². The normalized spacial score (nSPS) is 13.7. The molecule has 1 aromatic carbocycles. The van der Waals surface area contributed by atoms with Gasteiger partial charge in [-0.3, -0.25) is 9.78 Å². The number of halogens is 1. The van der Waals surface area contributed by atoms with Gasteiger partial charge in [-0.25, -0.2) is 4.39 Å². The first-order valence-electron chi connectivity index (χ1n) is 9.60. The summed E-state index contributed by atoms with van der Waals surface area (Å²) in [6.07, 6.45) is 12.4. The van der Waals surface area contributed by atoms with E-state index in [1.807, 2.05) is 6.07 Å². The van der Waals surface area contributed by atoms with Gasteiger partial charge in [0.15, 0.2) is 0 Å². The number of amides is 1. The average molecular weight is 367 g/mol. The van der Waals surface area contributed by atoms with E-state index in [1.165, 1.54) is 43.4 Å². The van der Waals surface area contributed by atoms with Crippen LogP contribution in [0.25, 0.3) is 0 Å². The van der Waals surface area contributed by atoms with Crippen molar-refractivity contribution >= 4 is 11.6 Å². The Labute approximate surface area is 159 Å². The number of hydrogen-bond acceptors (Lipinski definition) is 3. The molecule has 0 spiro atoms. The summed E-state index contributed by atoms with van der Waals surface area (Å²) in [6.45, 7) is 1.35. The average Bonchev–Trinajstić information content (AvgIpc) is 2.70. The first-order chi connectivity index (χ1) is 13.2. The number of nitrogens with one attached hydrogen (secondary N) is 2. The molecule has 27 heavy (non-hydrogen) atoms. The van der Waals surface area contributed by atoms with Crippen LogP contribution in [0, 0.1) is 5.82 Å². The van der Waals surface area contributed by atoms with Gasteiger partial charge in [0, 0.05) is 25.5 Å². The van der Waals surface area contributed by atoms with Crippen molar-refractivity contribution in [2.75, 3.05) is 18.4 Å². The number of pyridine rings is 1. The molecule has 2 aromatic rings. The summed E-state index contributed by atoms with van der Waals surface area (Å²) in [7, 11) is 0. The number of hydrogen-bond donors (Lipinski definition) is 2. The van der Waals surface area contributed by atoms with Crippen molar-refractivity contribution in [3.8, 4) is 0 Å². The number of carbonyl (C=O) groups is 1. The molecule has 1 aromatic heterocycles. The van der Waals surface area contributed by atoms with Crippen molar-refractivity contribution in [1.29, 1.82) is 0 Å². The van der Waals surface area contributed by atoms with Crippen LogP contribution in [0.1, 0.15) is 48.0 Å². The SMILES string of the molecule is O=C(NCCc1ccc(F)cc1)c1cncc(NCCC2=CCCCC2)c1. The van der Waals surface area contributed by atoms with Crippen LogP contribution in [0.15, 0.2) is 54.4 Å². The van der Waals surface area contributed by atoms with E-state index >= 15 is 0 Å². The number of benzene rings is 1. The van der Waals surface area contributed by atoms with E-state index in [2.05, 4.69) is 21.7 Å². The van der Waals surface area contributed by atoms with Crippen LogP contribution in [-0.2, 0) is 6.42 Å². The molecule has 0 aliphatic heterocycles. The lowest BCUT2D eigenvalue weighted by atomic mass is 9.97. The van der Waals surface area contributed by atoms with Crippen molar-refractivity contribution in [2.24, 2.45) is 0 Å². The molecule has 0 fully saturated rings. The predicted octanol–water partition coefficient (Wildman–Crippen LogP) is 4.50. The predicted molar refractivity (Wildman–Crippen MR) is 106 cm³/mol. The number of carbonyl (C=O) groups excluding carboxylic acids is 1. The molecule has 1 aliphatic carbocycles. The second-order valence-electron chi connectivity index (χ2n) is 6.88. The Morgan fingerprint density at radius 2 is 1.93 bits per heavy atom. The van der Waals surface area contributed by atoms with E-state index in [9.17, 15) is 9.18 Å². The van der Waals surface area contributed by atoms with Crippen LogP contribution < -0.4 is 10.6 Å². The third-order valence-electron chi connectivity index (χ3n) is 4.77. The van der Waals surface area contributed by atoms with E-state index in [0.717, 1.165) is 24.2 Å². The highest BCUT2D eigenvalue weighted by Gasteiger charge is 2.07. The Hall–Kier alpha value is -2.69. The van der Waals surface area contributed by atoms with Gasteiger partial charge in [-0.15, -0.1) is 0 Å². The molecule has 5 heteroatoms. The molecule has 4 nitrogen and oxygen atoms in total. The highest BCUT2D eigenvalue weighted by atomic mass is 19.1. The summed E-state index contributed by atoms with van der Waals surface area (Å²) >= 11 is 0. The minimum atomic E-state index is -0.252. The Kier molecular flexibility index (Phi) is 6.97. The minimum absolute atomic E-state index is 0.150. The molecule has 0 saturated heterocycles. The first kappa shape index (κ1) is 19.1. The fourth-order valence-corrected chi connectivity index (χ4v) is 3.23. The maximum absolute atomic E-state index is 12.9. The molecule has 3 rings (SSSR count). The van der Waals surface area contributed by atoms with E-state index in [-0.39, 0.29) is 11.7 Å². The zero-order chi connectivity index (χ0) is 18.9. The highest BCUT2D eigenvalue weighted by Crippen LogP contribution is 2.20. The minimum Gasteiger partial charge on any atom is -0.383 e. The molecule has 1 amide bonds. The zero-order valence-corrected chi connectivity index (χ0v) is 15.5. The molecule has 0 saturated carbocycles. The maximum atomic E-state index is 12.9. The van der Waals surface area contributed by atoms with Crippen LogP contribution in [-0.4, -0.2) is 24.0 Å². The monoisotopic (exact) mass is 367 g/mol. The van der Waals surface area contributed by atoms with Crippen LogP contribution in [0.5, 0.6) is 0 Å². The number of anilines is 1. The fourth-order valence-electron chi connectivity index (χ4n) is 3.23. The number of nitrogens with zero attached hydrogens (tertiary/aromatic N) is 1. The van der Waals surface area contributed by atoms with Gasteiger partial charge >= 0.3 is 0 Å². The first-order valence-corrected chi connectivity index (χ1v) is 9.60. The molecule has 0 radical (unpaired) electrons. The van der Waals surface area contributed by atoms with Crippen molar-refractivity contribution in [1.82, 2.24) is 10.3 Å². The second-order valence-corrected chi connectivity index (χ2v) is 6.88. The number of allylic oxidation sites excluding steroid dienone is 1. The van der Waals surface area contributed by atoms with Gasteiger partial charge in [0.2, 0.25) is 0 Å². The Morgan fingerprint density at radius 1 is 1.07 bits per heavy atom. The molecule has 0 bridgehead atoms. The topological polar surface area (TPSA) is 54.0 Å². The summed E-state index contributed by atoms with van der Waals surface area (Å²) in [6, 6.07) is 8.15. The lowest BCUT2D eigenvalue weighted by Gasteiger charge is -2.13. The van der Waals surface area contributed by atoms with Gasteiger partial charge in [-0.2, -0.15) is 0 Å². The summed E-state index contributed by atoms with van der Waals surface area (Å²) < 4.78 is 12.9. The maximum Gasteiger partial charge on any atom is 0.252 e. The van der Waals surface area contributed by atoms with Crippen molar-refractivity contribution in [3.05, 3.63) is 71.3 Å². The molecule has 0 unspecified atom stereocenters. The van der Waals surface area contributed by atoms with Gasteiger partial charge < -0.3 is 10.6 Å². The summed E-state index contributed by atoms with van der Waals surface area (Å²) in [5, 5.41) is 6.24. The molecule has 0 atom stereocenters. The van der Waals surface area contributed by atoms with Crippen molar-refractivity contribution in [2.45, 2.75) is 38.5 Å². The van der Waals surface area contributed by atoms with E-state index in [0.29, 0.717) is 18.5 Å². The lowest BCUT2D eigenvalue weighted by molar-refractivity contribution is 0.0954. The van der Waals surface area contributed by atoms with Gasteiger partial charge in [-0.05, 0) is 62.3 Å². The standard InChI is InChI=1S/C22H26FN3O/c23-20-8-6-18(7-9-20)11-13-26-22(27)19-14-21(16-24-15-19)25-12-10-17-4-2-1-3-5-17/h4,6-9,14-16,25H,1-3,5,10-13H2,(H,26,27). The van der Waals surface area contributed by atoms with Gasteiger partial charge in [-0.1, -0.05) is 23.8 Å². The third-order valence-corrected chi connectivity index (χ3v) is 4.77. The Balaban J connectivity index is 1.44. The summed E-state index contributed by atoms with van der Waals surface area (Å²) in [5.41, 5.74) is 3.91. The van der Waals surface area contributed by atoms with E-state index < -0.39 is 0 Å². The Morgan fingerprint density at radius 3 is 2.70 bits per heavy atom. The second kappa shape index (κ2) is 9.86. The van der Waals surface area contributed by atoms with Gasteiger partial charge in [0.05, 0.1) is 11.3 Å². The van der Waals surface area contributed by atoms with Crippen molar-refractivity contribution < 1.29 is 9.18 Å². The molecule has 2 N–H and O–H groups in total. The van der Waals surface area contributed by atoms with Crippen LogP contribution in [0.3, 0.4) is 0 Å². The quantitative estimate of drug-likeness (QED) is 0.676. The van der Waals surface area contributed by atoms with Crippen LogP contribution >= 0.6 is 0 Å².